The van der Waals surface area contributed by atoms with E-state index in [1.165, 1.54) is 10.8 Å². The van der Waals surface area contributed by atoms with Crippen molar-refractivity contribution in [2.75, 3.05) is 6.61 Å². The summed E-state index contributed by atoms with van der Waals surface area (Å²) in [4.78, 5) is 4.63. The van der Waals surface area contributed by atoms with Gasteiger partial charge in [-0.15, -0.1) is 0 Å². The predicted octanol–water partition coefficient (Wildman–Crippen LogP) is 7.64. The minimum Gasteiger partial charge on any atom is -0.490 e. The number of hydrogen-bond acceptors (Lipinski definition) is 3. The molecule has 0 aliphatic carbocycles. The van der Waals surface area contributed by atoms with E-state index in [1.807, 2.05) is 49.5 Å². The summed E-state index contributed by atoms with van der Waals surface area (Å²) >= 11 is 3.67. The molecule has 0 aromatic heterocycles. The van der Waals surface area contributed by atoms with Gasteiger partial charge in [-0.05, 0) is 75.4 Å². The molecule has 4 aromatic rings. The molecular formula is C27H24BrNO2. The van der Waals surface area contributed by atoms with Crippen molar-refractivity contribution in [2.45, 2.75) is 20.5 Å². The van der Waals surface area contributed by atoms with Crippen LogP contribution in [0.2, 0.25) is 0 Å². The van der Waals surface area contributed by atoms with Gasteiger partial charge in [0.15, 0.2) is 11.5 Å². The van der Waals surface area contributed by atoms with Gasteiger partial charge in [0, 0.05) is 6.21 Å². The maximum Gasteiger partial charge on any atom is 0.175 e. The van der Waals surface area contributed by atoms with E-state index in [4.69, 9.17) is 9.47 Å². The molecule has 0 unspecified atom stereocenters. The summed E-state index contributed by atoms with van der Waals surface area (Å²) in [6, 6.07) is 26.6. The van der Waals surface area contributed by atoms with Crippen LogP contribution in [0.1, 0.15) is 23.6 Å². The molecule has 0 saturated carbocycles. The molecule has 4 heteroatoms. The van der Waals surface area contributed by atoms with Crippen molar-refractivity contribution in [3.05, 3.63) is 100 Å². The van der Waals surface area contributed by atoms with Crippen molar-refractivity contribution in [1.82, 2.24) is 0 Å². The highest BCUT2D eigenvalue weighted by Gasteiger charge is 2.13. The molecule has 0 radical (unpaired) electrons. The molecule has 0 bridgehead atoms. The number of rotatable bonds is 7. The lowest BCUT2D eigenvalue weighted by Crippen LogP contribution is -2.02. The van der Waals surface area contributed by atoms with Crippen molar-refractivity contribution in [3.63, 3.8) is 0 Å². The Labute approximate surface area is 191 Å². The van der Waals surface area contributed by atoms with E-state index in [0.717, 1.165) is 26.9 Å². The largest absolute Gasteiger partial charge is 0.490 e. The number of para-hydroxylation sites is 1. The Hall–Kier alpha value is -3.11. The van der Waals surface area contributed by atoms with Crippen LogP contribution in [0.3, 0.4) is 0 Å². The van der Waals surface area contributed by atoms with E-state index >= 15 is 0 Å². The molecule has 0 N–H and O–H groups in total. The first kappa shape index (κ1) is 21.1. The molecule has 0 atom stereocenters. The minimum atomic E-state index is 0.455. The van der Waals surface area contributed by atoms with Crippen LogP contribution in [0.4, 0.5) is 5.69 Å². The second-order valence-electron chi connectivity index (χ2n) is 7.23. The zero-order valence-corrected chi connectivity index (χ0v) is 19.2. The van der Waals surface area contributed by atoms with Gasteiger partial charge in [-0.2, -0.15) is 0 Å². The summed E-state index contributed by atoms with van der Waals surface area (Å²) in [6.45, 7) is 5.03. The topological polar surface area (TPSA) is 30.8 Å². The monoisotopic (exact) mass is 473 g/mol. The summed E-state index contributed by atoms with van der Waals surface area (Å²) in [5.41, 5.74) is 4.17. The molecular weight excluding hydrogens is 450 g/mol. The van der Waals surface area contributed by atoms with E-state index in [2.05, 4.69) is 70.3 Å². The smallest absolute Gasteiger partial charge is 0.175 e. The quantitative estimate of drug-likeness (QED) is 0.258. The van der Waals surface area contributed by atoms with Crippen LogP contribution in [0.25, 0.3) is 10.8 Å². The molecule has 0 spiro atoms. The Morgan fingerprint density at radius 3 is 2.52 bits per heavy atom. The lowest BCUT2D eigenvalue weighted by atomic mass is 10.1. The molecule has 156 valence electrons. The number of aliphatic imine (C=N–C) groups is 1. The number of nitrogens with zero attached hydrogens (tertiary/aromatic N) is 1. The van der Waals surface area contributed by atoms with E-state index in [9.17, 15) is 0 Å². The molecule has 31 heavy (non-hydrogen) atoms. The van der Waals surface area contributed by atoms with Crippen LogP contribution >= 0.6 is 15.9 Å². The summed E-state index contributed by atoms with van der Waals surface area (Å²) in [5.74, 6) is 1.39. The fourth-order valence-electron chi connectivity index (χ4n) is 3.49. The van der Waals surface area contributed by atoms with E-state index in [0.29, 0.717) is 24.7 Å². The minimum absolute atomic E-state index is 0.455. The third kappa shape index (κ3) is 4.97. The van der Waals surface area contributed by atoms with Crippen LogP contribution in [-0.4, -0.2) is 12.8 Å². The van der Waals surface area contributed by atoms with Crippen LogP contribution < -0.4 is 9.47 Å². The van der Waals surface area contributed by atoms with Gasteiger partial charge in [-0.3, -0.25) is 4.99 Å². The van der Waals surface area contributed by atoms with Crippen molar-refractivity contribution < 1.29 is 9.47 Å². The number of benzene rings is 4. The zero-order chi connectivity index (χ0) is 21.6. The summed E-state index contributed by atoms with van der Waals surface area (Å²) in [7, 11) is 0. The van der Waals surface area contributed by atoms with Crippen LogP contribution in [0.15, 0.2) is 88.3 Å². The maximum absolute atomic E-state index is 6.24. The molecule has 0 fully saturated rings. The van der Waals surface area contributed by atoms with Crippen molar-refractivity contribution >= 4 is 38.6 Å². The first-order valence-electron chi connectivity index (χ1n) is 10.3. The second kappa shape index (κ2) is 9.80. The summed E-state index contributed by atoms with van der Waals surface area (Å²) < 4.78 is 13.0. The first-order chi connectivity index (χ1) is 15.2. The molecule has 3 nitrogen and oxygen atoms in total. The first-order valence-corrected chi connectivity index (χ1v) is 11.1. The van der Waals surface area contributed by atoms with E-state index < -0.39 is 0 Å². The van der Waals surface area contributed by atoms with Gasteiger partial charge in [-0.1, -0.05) is 60.7 Å². The van der Waals surface area contributed by atoms with Crippen molar-refractivity contribution in [1.29, 1.82) is 0 Å². The lowest BCUT2D eigenvalue weighted by Gasteiger charge is -2.15. The van der Waals surface area contributed by atoms with Crippen LogP contribution in [0, 0.1) is 6.92 Å². The fraction of sp³-hybridized carbons (Fsp3) is 0.148. The molecule has 0 aliphatic rings. The third-order valence-electron chi connectivity index (χ3n) is 5.05. The van der Waals surface area contributed by atoms with Crippen LogP contribution in [-0.2, 0) is 6.61 Å². The normalized spacial score (nSPS) is 11.2. The molecule has 4 rings (SSSR count). The Morgan fingerprint density at radius 1 is 0.903 bits per heavy atom. The highest BCUT2D eigenvalue weighted by molar-refractivity contribution is 9.10. The van der Waals surface area contributed by atoms with Gasteiger partial charge >= 0.3 is 0 Å². The molecule has 0 amide bonds. The molecule has 4 aromatic carbocycles. The van der Waals surface area contributed by atoms with Crippen molar-refractivity contribution in [2.24, 2.45) is 4.99 Å². The summed E-state index contributed by atoms with van der Waals surface area (Å²) in [5, 5.41) is 2.40. The number of halogens is 1. The Balaban J connectivity index is 1.61. The highest BCUT2D eigenvalue weighted by atomic mass is 79.9. The Kier molecular flexibility index (Phi) is 6.68. The van der Waals surface area contributed by atoms with Gasteiger partial charge in [-0.25, -0.2) is 0 Å². The van der Waals surface area contributed by atoms with Gasteiger partial charge in [0.2, 0.25) is 0 Å². The van der Waals surface area contributed by atoms with Gasteiger partial charge in [0.1, 0.15) is 6.61 Å². The average molecular weight is 474 g/mol. The van der Waals surface area contributed by atoms with Crippen LogP contribution in [0.5, 0.6) is 11.5 Å². The zero-order valence-electron chi connectivity index (χ0n) is 17.6. The van der Waals surface area contributed by atoms with Gasteiger partial charge < -0.3 is 9.47 Å². The maximum atomic E-state index is 6.24. The number of fused-ring (bicyclic) bond motifs is 1. The standard InChI is InChI=1S/C27H24BrNO2/c1-3-30-26-16-20(17-29-25-14-7-4-9-19(25)2)15-24(28)27(26)31-18-22-12-8-11-21-10-5-6-13-23(21)22/h4-17H,3,18H2,1-2H3. The number of ether oxygens (including phenoxy) is 2. The number of aryl methyl sites for hydroxylation is 1. The average Bonchev–Trinajstić information content (AvgIpc) is 2.78. The molecule has 0 heterocycles. The Morgan fingerprint density at radius 2 is 1.68 bits per heavy atom. The van der Waals surface area contributed by atoms with Gasteiger partial charge in [0.05, 0.1) is 16.8 Å². The van der Waals surface area contributed by atoms with E-state index in [1.54, 1.807) is 0 Å². The third-order valence-corrected chi connectivity index (χ3v) is 5.64. The fourth-order valence-corrected chi connectivity index (χ4v) is 4.06. The van der Waals surface area contributed by atoms with Gasteiger partial charge in [0.25, 0.3) is 0 Å². The second-order valence-corrected chi connectivity index (χ2v) is 8.09. The number of hydrogen-bond donors (Lipinski definition) is 0. The molecule has 0 saturated heterocycles. The lowest BCUT2D eigenvalue weighted by molar-refractivity contribution is 0.268. The van der Waals surface area contributed by atoms with Crippen molar-refractivity contribution in [3.8, 4) is 11.5 Å². The summed E-state index contributed by atoms with van der Waals surface area (Å²) in [6.07, 6.45) is 1.85. The van der Waals surface area contributed by atoms with E-state index in [-0.39, 0.29) is 0 Å². The highest BCUT2D eigenvalue weighted by Crippen LogP contribution is 2.37. The molecule has 0 aliphatic heterocycles. The SMILES string of the molecule is CCOc1cc(C=Nc2ccccc2C)cc(Br)c1OCc1cccc2ccccc12. The predicted molar refractivity (Wildman–Crippen MR) is 132 cm³/mol. The Bertz CT molecular complexity index is 1230.